The number of nitrogens with zero attached hydrogens (tertiary/aromatic N) is 3. The number of hydrogen-bond donors (Lipinski definition) is 0. The Hall–Kier alpha value is -2.50. The van der Waals surface area contributed by atoms with Gasteiger partial charge in [-0.25, -0.2) is 4.98 Å². The minimum atomic E-state index is -0.484. The van der Waals surface area contributed by atoms with Crippen LogP contribution < -0.4 is 4.74 Å². The van der Waals surface area contributed by atoms with Gasteiger partial charge in [0, 0.05) is 17.8 Å². The SMILES string of the molecule is Cc1cc([N+](=O)[O-])cnc1OCc1ccccn1. The van der Waals surface area contributed by atoms with Gasteiger partial charge in [0.1, 0.15) is 12.8 Å². The molecule has 2 aromatic heterocycles. The molecule has 2 aromatic rings. The van der Waals surface area contributed by atoms with Crippen molar-refractivity contribution in [3.05, 3.63) is 58.0 Å². The van der Waals surface area contributed by atoms with Crippen molar-refractivity contribution in [2.75, 3.05) is 0 Å². The van der Waals surface area contributed by atoms with E-state index in [2.05, 4.69) is 9.97 Å². The number of hydrogen-bond acceptors (Lipinski definition) is 5. The van der Waals surface area contributed by atoms with Gasteiger partial charge in [-0.2, -0.15) is 0 Å². The number of pyridine rings is 2. The zero-order valence-corrected chi connectivity index (χ0v) is 9.74. The molecule has 0 bridgehead atoms. The summed E-state index contributed by atoms with van der Waals surface area (Å²) in [5, 5.41) is 10.6. The molecular formula is C12H11N3O3. The summed E-state index contributed by atoms with van der Waals surface area (Å²) in [4.78, 5) is 18.1. The van der Waals surface area contributed by atoms with Gasteiger partial charge >= 0.3 is 0 Å². The Morgan fingerprint density at radius 3 is 2.83 bits per heavy atom. The first-order chi connectivity index (χ1) is 8.66. The van der Waals surface area contributed by atoms with Gasteiger partial charge in [0.05, 0.1) is 10.6 Å². The molecule has 0 aliphatic rings. The van der Waals surface area contributed by atoms with Crippen LogP contribution in [0.3, 0.4) is 0 Å². The topological polar surface area (TPSA) is 78.2 Å². The number of aromatic nitrogens is 2. The number of aryl methyl sites for hydroxylation is 1. The van der Waals surface area contributed by atoms with Gasteiger partial charge in [0.15, 0.2) is 0 Å². The predicted molar refractivity (Wildman–Crippen MR) is 64.2 cm³/mol. The molecule has 0 aromatic carbocycles. The van der Waals surface area contributed by atoms with Crippen molar-refractivity contribution in [2.24, 2.45) is 0 Å². The smallest absolute Gasteiger partial charge is 0.288 e. The van der Waals surface area contributed by atoms with Gasteiger partial charge in [-0.15, -0.1) is 0 Å². The van der Waals surface area contributed by atoms with Crippen LogP contribution in [0.15, 0.2) is 36.7 Å². The molecule has 6 heteroatoms. The quantitative estimate of drug-likeness (QED) is 0.609. The van der Waals surface area contributed by atoms with Crippen LogP contribution in [-0.2, 0) is 6.61 Å². The molecule has 0 aliphatic carbocycles. The molecule has 0 N–H and O–H groups in total. The summed E-state index contributed by atoms with van der Waals surface area (Å²) in [5.74, 6) is 0.381. The fourth-order valence-corrected chi connectivity index (χ4v) is 1.42. The largest absolute Gasteiger partial charge is 0.471 e. The average molecular weight is 245 g/mol. The fraction of sp³-hybridized carbons (Fsp3) is 0.167. The maximum atomic E-state index is 10.6. The lowest BCUT2D eigenvalue weighted by Gasteiger charge is -2.06. The molecule has 0 amide bonds. The number of nitro groups is 1. The van der Waals surface area contributed by atoms with Crippen molar-refractivity contribution in [1.29, 1.82) is 0 Å². The van der Waals surface area contributed by atoms with Crippen LogP contribution in [0.2, 0.25) is 0 Å². The molecule has 0 radical (unpaired) electrons. The maximum Gasteiger partial charge on any atom is 0.288 e. The summed E-state index contributed by atoms with van der Waals surface area (Å²) < 4.78 is 5.46. The Balaban J connectivity index is 2.08. The standard InChI is InChI=1S/C12H11N3O3/c1-9-6-11(15(16)17)7-14-12(9)18-8-10-4-2-3-5-13-10/h2-7H,8H2,1H3. The molecular weight excluding hydrogens is 234 g/mol. The van der Waals surface area contributed by atoms with Crippen LogP contribution in [0.1, 0.15) is 11.3 Å². The van der Waals surface area contributed by atoms with E-state index < -0.39 is 4.92 Å². The highest BCUT2D eigenvalue weighted by atomic mass is 16.6. The number of ether oxygens (including phenoxy) is 1. The third-order valence-electron chi connectivity index (χ3n) is 2.31. The summed E-state index contributed by atoms with van der Waals surface area (Å²) in [6, 6.07) is 6.95. The first kappa shape index (κ1) is 12.0. The highest BCUT2D eigenvalue weighted by molar-refractivity contribution is 5.36. The van der Waals surface area contributed by atoms with E-state index in [0.29, 0.717) is 11.4 Å². The van der Waals surface area contributed by atoms with Gasteiger partial charge < -0.3 is 4.74 Å². The highest BCUT2D eigenvalue weighted by Gasteiger charge is 2.10. The summed E-state index contributed by atoms with van der Waals surface area (Å²) in [5.41, 5.74) is 1.36. The van der Waals surface area contributed by atoms with Crippen molar-refractivity contribution in [1.82, 2.24) is 9.97 Å². The van der Waals surface area contributed by atoms with Crippen molar-refractivity contribution < 1.29 is 9.66 Å². The van der Waals surface area contributed by atoms with Gasteiger partial charge in [-0.3, -0.25) is 15.1 Å². The van der Waals surface area contributed by atoms with Gasteiger partial charge in [-0.05, 0) is 19.1 Å². The van der Waals surface area contributed by atoms with E-state index >= 15 is 0 Å². The Morgan fingerprint density at radius 2 is 2.22 bits per heavy atom. The predicted octanol–water partition coefficient (Wildman–Crippen LogP) is 2.27. The van der Waals surface area contributed by atoms with Crippen LogP contribution in [-0.4, -0.2) is 14.9 Å². The zero-order chi connectivity index (χ0) is 13.0. The third-order valence-corrected chi connectivity index (χ3v) is 2.31. The second-order valence-corrected chi connectivity index (χ2v) is 3.68. The maximum absolute atomic E-state index is 10.6. The minimum Gasteiger partial charge on any atom is -0.471 e. The molecule has 0 saturated carbocycles. The third kappa shape index (κ3) is 2.79. The Morgan fingerprint density at radius 1 is 1.39 bits per heavy atom. The van der Waals surface area contributed by atoms with E-state index in [9.17, 15) is 10.1 Å². The molecule has 0 fully saturated rings. The lowest BCUT2D eigenvalue weighted by atomic mass is 10.3. The van der Waals surface area contributed by atoms with Gasteiger partial charge in [0.2, 0.25) is 5.88 Å². The van der Waals surface area contributed by atoms with Crippen LogP contribution in [0.4, 0.5) is 5.69 Å². The minimum absolute atomic E-state index is 0.0438. The van der Waals surface area contributed by atoms with Gasteiger partial charge in [-0.1, -0.05) is 6.07 Å². The lowest BCUT2D eigenvalue weighted by Crippen LogP contribution is -2.01. The van der Waals surface area contributed by atoms with E-state index in [4.69, 9.17) is 4.74 Å². The Kier molecular flexibility index (Phi) is 3.47. The van der Waals surface area contributed by atoms with Crippen LogP contribution in [0.5, 0.6) is 5.88 Å². The monoisotopic (exact) mass is 245 g/mol. The van der Waals surface area contributed by atoms with E-state index in [1.807, 2.05) is 18.2 Å². The van der Waals surface area contributed by atoms with E-state index in [1.165, 1.54) is 12.3 Å². The first-order valence-electron chi connectivity index (χ1n) is 5.30. The van der Waals surface area contributed by atoms with E-state index in [-0.39, 0.29) is 12.3 Å². The first-order valence-corrected chi connectivity index (χ1v) is 5.30. The van der Waals surface area contributed by atoms with Gasteiger partial charge in [0.25, 0.3) is 5.69 Å². The van der Waals surface area contributed by atoms with Crippen molar-refractivity contribution in [3.63, 3.8) is 0 Å². The van der Waals surface area contributed by atoms with Crippen LogP contribution in [0, 0.1) is 17.0 Å². The summed E-state index contributed by atoms with van der Waals surface area (Å²) >= 11 is 0. The molecule has 0 spiro atoms. The molecule has 0 aliphatic heterocycles. The zero-order valence-electron chi connectivity index (χ0n) is 9.74. The Bertz CT molecular complexity index is 558. The Labute approximate surface area is 103 Å². The lowest BCUT2D eigenvalue weighted by molar-refractivity contribution is -0.385. The summed E-state index contributed by atoms with van der Waals surface area (Å²) in [7, 11) is 0. The normalized spacial score (nSPS) is 10.1. The fourth-order valence-electron chi connectivity index (χ4n) is 1.42. The van der Waals surface area contributed by atoms with Crippen molar-refractivity contribution >= 4 is 5.69 Å². The van der Waals surface area contributed by atoms with Crippen molar-refractivity contribution in [3.8, 4) is 5.88 Å². The molecule has 0 unspecified atom stereocenters. The molecule has 0 saturated heterocycles. The molecule has 6 nitrogen and oxygen atoms in total. The molecule has 18 heavy (non-hydrogen) atoms. The highest BCUT2D eigenvalue weighted by Crippen LogP contribution is 2.20. The summed E-state index contributed by atoms with van der Waals surface area (Å²) in [6.07, 6.45) is 2.86. The molecule has 92 valence electrons. The number of rotatable bonds is 4. The molecule has 2 heterocycles. The molecule has 0 atom stereocenters. The second kappa shape index (κ2) is 5.22. The van der Waals surface area contributed by atoms with E-state index in [1.54, 1.807) is 13.1 Å². The van der Waals surface area contributed by atoms with Crippen molar-refractivity contribution in [2.45, 2.75) is 13.5 Å². The van der Waals surface area contributed by atoms with Crippen LogP contribution >= 0.6 is 0 Å². The average Bonchev–Trinajstić information content (AvgIpc) is 2.38. The van der Waals surface area contributed by atoms with E-state index in [0.717, 1.165) is 5.69 Å². The second-order valence-electron chi connectivity index (χ2n) is 3.68. The van der Waals surface area contributed by atoms with Crippen LogP contribution in [0.25, 0.3) is 0 Å². The molecule has 2 rings (SSSR count). The summed E-state index contributed by atoms with van der Waals surface area (Å²) in [6.45, 7) is 2.00.